The van der Waals surface area contributed by atoms with Gasteiger partial charge in [-0.25, -0.2) is 0 Å². The smallest absolute Gasteiger partial charge is 0.254 e. The molecular weight excluding hydrogens is 284 g/mol. The van der Waals surface area contributed by atoms with Crippen molar-refractivity contribution in [1.29, 1.82) is 0 Å². The Balaban J connectivity index is 2.12. The fourth-order valence-corrected chi connectivity index (χ4v) is 2.25. The molecule has 5 heteroatoms. The van der Waals surface area contributed by atoms with Gasteiger partial charge in [-0.2, -0.15) is 0 Å². The quantitative estimate of drug-likeness (QED) is 0.781. The van der Waals surface area contributed by atoms with Crippen LogP contribution in [0.3, 0.4) is 0 Å². The van der Waals surface area contributed by atoms with Crippen LogP contribution in [0.2, 0.25) is 0 Å². The number of ether oxygens (including phenoxy) is 1. The van der Waals surface area contributed by atoms with Gasteiger partial charge in [-0.3, -0.25) is 9.78 Å². The van der Waals surface area contributed by atoms with Crippen molar-refractivity contribution in [2.24, 2.45) is 0 Å². The minimum atomic E-state index is 0.0501. The first-order chi connectivity index (χ1) is 8.22. The van der Waals surface area contributed by atoms with E-state index in [0.717, 1.165) is 5.33 Å². The molecule has 2 unspecified atom stereocenters. The Bertz CT molecular complexity index is 385. The molecule has 0 bridgehead atoms. The second-order valence-electron chi connectivity index (χ2n) is 4.15. The number of carbonyl (C=O) groups is 1. The highest BCUT2D eigenvalue weighted by Gasteiger charge is 2.29. The molecule has 1 aromatic rings. The lowest BCUT2D eigenvalue weighted by Crippen LogP contribution is -2.51. The number of aromatic nitrogens is 1. The fraction of sp³-hybridized carbons (Fsp3) is 0.500. The van der Waals surface area contributed by atoms with Crippen LogP contribution >= 0.6 is 15.9 Å². The second-order valence-corrected chi connectivity index (χ2v) is 4.80. The van der Waals surface area contributed by atoms with E-state index in [1.807, 2.05) is 11.8 Å². The summed E-state index contributed by atoms with van der Waals surface area (Å²) in [6.45, 7) is 3.23. The SMILES string of the molecule is CC1COC(CBr)CN1C(=O)c1ccncc1. The molecule has 1 saturated heterocycles. The number of carbonyl (C=O) groups excluding carboxylic acids is 1. The first-order valence-electron chi connectivity index (χ1n) is 5.61. The van der Waals surface area contributed by atoms with Gasteiger partial charge in [0.25, 0.3) is 5.91 Å². The van der Waals surface area contributed by atoms with Gasteiger partial charge in [0.15, 0.2) is 0 Å². The number of pyridine rings is 1. The molecule has 17 heavy (non-hydrogen) atoms. The Morgan fingerprint density at radius 2 is 2.29 bits per heavy atom. The van der Waals surface area contributed by atoms with Gasteiger partial charge in [0.1, 0.15) is 0 Å². The van der Waals surface area contributed by atoms with Gasteiger partial charge >= 0.3 is 0 Å². The van der Waals surface area contributed by atoms with E-state index in [0.29, 0.717) is 18.7 Å². The highest BCUT2D eigenvalue weighted by atomic mass is 79.9. The van der Waals surface area contributed by atoms with Gasteiger partial charge in [0.2, 0.25) is 0 Å². The van der Waals surface area contributed by atoms with E-state index >= 15 is 0 Å². The summed E-state index contributed by atoms with van der Waals surface area (Å²) in [6, 6.07) is 3.60. The van der Waals surface area contributed by atoms with Crippen LogP contribution in [0.1, 0.15) is 17.3 Å². The molecule has 1 fully saturated rings. The van der Waals surface area contributed by atoms with Crippen molar-refractivity contribution in [3.05, 3.63) is 30.1 Å². The molecule has 0 aromatic carbocycles. The lowest BCUT2D eigenvalue weighted by atomic mass is 10.1. The predicted molar refractivity (Wildman–Crippen MR) is 68.3 cm³/mol. The van der Waals surface area contributed by atoms with Gasteiger partial charge in [0, 0.05) is 29.8 Å². The molecule has 1 aromatic heterocycles. The number of nitrogens with zero attached hydrogens (tertiary/aromatic N) is 2. The molecule has 2 heterocycles. The van der Waals surface area contributed by atoms with Crippen molar-refractivity contribution in [1.82, 2.24) is 9.88 Å². The molecule has 0 spiro atoms. The van der Waals surface area contributed by atoms with Gasteiger partial charge in [-0.15, -0.1) is 0 Å². The molecule has 4 nitrogen and oxygen atoms in total. The number of halogens is 1. The molecule has 0 aliphatic carbocycles. The van der Waals surface area contributed by atoms with Gasteiger partial charge in [-0.1, -0.05) is 15.9 Å². The van der Waals surface area contributed by atoms with Crippen LogP contribution in [0.5, 0.6) is 0 Å². The van der Waals surface area contributed by atoms with E-state index in [1.54, 1.807) is 24.5 Å². The van der Waals surface area contributed by atoms with E-state index in [1.165, 1.54) is 0 Å². The Hall–Kier alpha value is -0.940. The van der Waals surface area contributed by atoms with Gasteiger partial charge in [-0.05, 0) is 19.1 Å². The number of hydrogen-bond donors (Lipinski definition) is 0. The maximum absolute atomic E-state index is 12.3. The molecule has 2 atom stereocenters. The Kier molecular flexibility index (Phi) is 4.12. The standard InChI is InChI=1S/C12H15BrN2O2/c1-9-8-17-11(6-13)7-15(9)12(16)10-2-4-14-5-3-10/h2-5,9,11H,6-8H2,1H3. The van der Waals surface area contributed by atoms with Crippen LogP contribution in [0.25, 0.3) is 0 Å². The minimum Gasteiger partial charge on any atom is -0.373 e. The average molecular weight is 299 g/mol. The topological polar surface area (TPSA) is 42.4 Å². The summed E-state index contributed by atoms with van der Waals surface area (Å²) >= 11 is 3.39. The number of amides is 1. The van der Waals surface area contributed by atoms with E-state index < -0.39 is 0 Å². The van der Waals surface area contributed by atoms with E-state index in [9.17, 15) is 4.79 Å². The molecule has 0 saturated carbocycles. The first-order valence-corrected chi connectivity index (χ1v) is 6.73. The monoisotopic (exact) mass is 298 g/mol. The van der Waals surface area contributed by atoms with Crippen molar-refractivity contribution in [2.75, 3.05) is 18.5 Å². The van der Waals surface area contributed by atoms with E-state index in [2.05, 4.69) is 20.9 Å². The van der Waals surface area contributed by atoms with Crippen molar-refractivity contribution >= 4 is 21.8 Å². The lowest BCUT2D eigenvalue weighted by molar-refractivity contribution is -0.0361. The number of alkyl halides is 1. The third kappa shape index (κ3) is 2.84. The van der Waals surface area contributed by atoms with Gasteiger partial charge < -0.3 is 9.64 Å². The molecule has 1 amide bonds. The summed E-state index contributed by atoms with van der Waals surface area (Å²) in [5.41, 5.74) is 0.682. The molecule has 92 valence electrons. The summed E-state index contributed by atoms with van der Waals surface area (Å²) in [5.74, 6) is 0.0501. The number of morpholine rings is 1. The van der Waals surface area contributed by atoms with Gasteiger partial charge in [0.05, 0.1) is 18.8 Å². The number of hydrogen-bond acceptors (Lipinski definition) is 3. The summed E-state index contributed by atoms with van der Waals surface area (Å²) in [5, 5.41) is 0.750. The molecular formula is C12H15BrN2O2. The van der Waals surface area contributed by atoms with Crippen molar-refractivity contribution in [3.8, 4) is 0 Å². The van der Waals surface area contributed by atoms with Crippen molar-refractivity contribution < 1.29 is 9.53 Å². The number of rotatable bonds is 2. The van der Waals surface area contributed by atoms with Crippen LogP contribution in [0, 0.1) is 0 Å². The zero-order valence-electron chi connectivity index (χ0n) is 9.67. The Morgan fingerprint density at radius 1 is 1.59 bits per heavy atom. The highest BCUT2D eigenvalue weighted by molar-refractivity contribution is 9.09. The average Bonchev–Trinajstić information content (AvgIpc) is 2.39. The van der Waals surface area contributed by atoms with Crippen molar-refractivity contribution in [2.45, 2.75) is 19.1 Å². The first kappa shape index (κ1) is 12.5. The normalized spacial score (nSPS) is 24.7. The molecule has 0 N–H and O–H groups in total. The largest absolute Gasteiger partial charge is 0.373 e. The zero-order chi connectivity index (χ0) is 12.3. The Morgan fingerprint density at radius 3 is 2.94 bits per heavy atom. The van der Waals surface area contributed by atoms with Crippen LogP contribution in [0.4, 0.5) is 0 Å². The van der Waals surface area contributed by atoms with Crippen LogP contribution in [-0.4, -0.2) is 46.4 Å². The van der Waals surface area contributed by atoms with Crippen LogP contribution in [0.15, 0.2) is 24.5 Å². The second kappa shape index (κ2) is 5.60. The summed E-state index contributed by atoms with van der Waals surface area (Å²) in [6.07, 6.45) is 3.36. The molecule has 2 rings (SSSR count). The molecule has 0 radical (unpaired) electrons. The third-order valence-corrected chi connectivity index (χ3v) is 3.59. The molecule has 1 aliphatic rings. The Labute approximate surface area is 109 Å². The third-order valence-electron chi connectivity index (χ3n) is 2.87. The predicted octanol–water partition coefficient (Wildman–Crippen LogP) is 1.71. The lowest BCUT2D eigenvalue weighted by Gasteiger charge is -2.37. The summed E-state index contributed by atoms with van der Waals surface area (Å²) < 4.78 is 5.60. The molecule has 1 aliphatic heterocycles. The highest BCUT2D eigenvalue weighted by Crippen LogP contribution is 2.16. The maximum Gasteiger partial charge on any atom is 0.254 e. The summed E-state index contributed by atoms with van der Waals surface area (Å²) in [7, 11) is 0. The van der Waals surface area contributed by atoms with Crippen LogP contribution < -0.4 is 0 Å². The zero-order valence-corrected chi connectivity index (χ0v) is 11.3. The van der Waals surface area contributed by atoms with E-state index in [-0.39, 0.29) is 18.1 Å². The summed E-state index contributed by atoms with van der Waals surface area (Å²) in [4.78, 5) is 18.1. The van der Waals surface area contributed by atoms with E-state index in [4.69, 9.17) is 4.74 Å². The van der Waals surface area contributed by atoms with Crippen LogP contribution in [-0.2, 0) is 4.74 Å². The minimum absolute atomic E-state index is 0.0501. The maximum atomic E-state index is 12.3. The fourth-order valence-electron chi connectivity index (χ4n) is 1.85. The van der Waals surface area contributed by atoms with Crippen molar-refractivity contribution in [3.63, 3.8) is 0 Å².